The molecule has 0 aliphatic rings. The van der Waals surface area contributed by atoms with Gasteiger partial charge in [-0.25, -0.2) is 4.39 Å². The molecule has 0 aliphatic carbocycles. The van der Waals surface area contributed by atoms with Crippen LogP contribution in [0.3, 0.4) is 0 Å². The van der Waals surface area contributed by atoms with Crippen LogP contribution in [-0.4, -0.2) is 19.0 Å². The third-order valence-corrected chi connectivity index (χ3v) is 3.84. The van der Waals surface area contributed by atoms with Gasteiger partial charge in [0.1, 0.15) is 5.82 Å². The largest absolute Gasteiger partial charge is 0.380 e. The quantitative estimate of drug-likeness (QED) is 0.869. The lowest BCUT2D eigenvalue weighted by atomic mass is 10.1. The third-order valence-electron chi connectivity index (χ3n) is 3.19. The Hall–Kier alpha value is -1.90. The van der Waals surface area contributed by atoms with Crippen LogP contribution in [0.2, 0.25) is 0 Å². The van der Waals surface area contributed by atoms with Gasteiger partial charge in [0, 0.05) is 28.8 Å². The van der Waals surface area contributed by atoms with Crippen LogP contribution in [0.25, 0.3) is 0 Å². The highest BCUT2D eigenvalue weighted by Crippen LogP contribution is 2.24. The zero-order valence-corrected chi connectivity index (χ0v) is 14.1. The Bertz CT molecular complexity index is 708. The summed E-state index contributed by atoms with van der Waals surface area (Å²) in [6, 6.07) is 12.7. The topological polar surface area (TPSA) is 39.1 Å². The molecular weight excluding hydrogens is 345 g/mol. The number of anilines is 1. The van der Waals surface area contributed by atoms with E-state index in [1.165, 1.54) is 0 Å². The summed E-state index contributed by atoms with van der Waals surface area (Å²) in [5.41, 5.74) is 3.03. The molecule has 0 saturated heterocycles. The molecule has 2 aromatic carbocycles. The van der Waals surface area contributed by atoms with E-state index in [9.17, 15) is 4.39 Å². The number of hydrogen-bond donors (Lipinski definition) is 1. The van der Waals surface area contributed by atoms with Gasteiger partial charge in [-0.1, -0.05) is 12.1 Å². The zero-order chi connectivity index (χ0) is 16.1. The smallest absolute Gasteiger partial charge is 0.128 e. The van der Waals surface area contributed by atoms with Crippen molar-refractivity contribution >= 4 is 21.6 Å². The van der Waals surface area contributed by atoms with E-state index in [1.54, 1.807) is 18.2 Å². The van der Waals surface area contributed by atoms with E-state index < -0.39 is 0 Å². The van der Waals surface area contributed by atoms with Crippen molar-refractivity contribution in [2.75, 3.05) is 19.4 Å². The predicted molar refractivity (Wildman–Crippen MR) is 90.0 cm³/mol. The standard InChI is InChI=1S/C17H17BrFN3/c1-22(2)11-14-5-3-13(8-16(14)19)10-21-17-6-4-12(9-20)7-15(17)18/h3-8,21H,10-11H2,1-2H3. The first kappa shape index (κ1) is 16.5. The summed E-state index contributed by atoms with van der Waals surface area (Å²) in [4.78, 5) is 1.93. The van der Waals surface area contributed by atoms with Crippen molar-refractivity contribution in [3.05, 3.63) is 63.4 Å². The fraction of sp³-hybridized carbons (Fsp3) is 0.235. The van der Waals surface area contributed by atoms with E-state index in [1.807, 2.05) is 37.2 Å². The second-order valence-corrected chi connectivity index (χ2v) is 6.18. The number of halogens is 2. The van der Waals surface area contributed by atoms with Gasteiger partial charge in [0.15, 0.2) is 0 Å². The van der Waals surface area contributed by atoms with E-state index in [0.29, 0.717) is 24.2 Å². The van der Waals surface area contributed by atoms with Crippen molar-refractivity contribution in [3.8, 4) is 6.07 Å². The number of benzene rings is 2. The maximum absolute atomic E-state index is 14.0. The predicted octanol–water partition coefficient (Wildman–Crippen LogP) is 4.13. The van der Waals surface area contributed by atoms with Gasteiger partial charge in [0.2, 0.25) is 0 Å². The molecule has 2 rings (SSSR count). The summed E-state index contributed by atoms with van der Waals surface area (Å²) in [7, 11) is 3.83. The molecule has 3 nitrogen and oxygen atoms in total. The Kier molecular flexibility index (Phi) is 5.53. The Morgan fingerprint density at radius 3 is 2.59 bits per heavy atom. The highest BCUT2D eigenvalue weighted by molar-refractivity contribution is 9.10. The van der Waals surface area contributed by atoms with Gasteiger partial charge in [0.25, 0.3) is 0 Å². The lowest BCUT2D eigenvalue weighted by Gasteiger charge is -2.13. The molecule has 22 heavy (non-hydrogen) atoms. The first-order valence-corrected chi connectivity index (χ1v) is 7.64. The van der Waals surface area contributed by atoms with Crippen molar-refractivity contribution in [1.82, 2.24) is 4.90 Å². The molecule has 2 aromatic rings. The molecule has 1 N–H and O–H groups in total. The van der Waals surface area contributed by atoms with Gasteiger partial charge in [-0.3, -0.25) is 0 Å². The van der Waals surface area contributed by atoms with Crippen LogP contribution < -0.4 is 5.32 Å². The van der Waals surface area contributed by atoms with Crippen molar-refractivity contribution in [2.45, 2.75) is 13.1 Å². The number of nitriles is 1. The van der Waals surface area contributed by atoms with E-state index >= 15 is 0 Å². The summed E-state index contributed by atoms with van der Waals surface area (Å²) >= 11 is 3.42. The second kappa shape index (κ2) is 7.39. The van der Waals surface area contributed by atoms with E-state index in [0.717, 1.165) is 15.7 Å². The lowest BCUT2D eigenvalue weighted by Crippen LogP contribution is -2.12. The normalized spacial score (nSPS) is 10.5. The van der Waals surface area contributed by atoms with Crippen LogP contribution in [0.5, 0.6) is 0 Å². The van der Waals surface area contributed by atoms with Gasteiger partial charge in [-0.15, -0.1) is 0 Å². The van der Waals surface area contributed by atoms with E-state index in [4.69, 9.17) is 5.26 Å². The average molecular weight is 362 g/mol. The Balaban J connectivity index is 2.06. The maximum atomic E-state index is 14.0. The average Bonchev–Trinajstić information content (AvgIpc) is 2.48. The second-order valence-electron chi connectivity index (χ2n) is 5.32. The van der Waals surface area contributed by atoms with Crippen LogP contribution in [0.15, 0.2) is 40.9 Å². The summed E-state index contributed by atoms with van der Waals surface area (Å²) in [6.07, 6.45) is 0. The molecule has 0 spiro atoms. The molecular formula is C17H17BrFN3. The van der Waals surface area contributed by atoms with Gasteiger partial charge in [-0.05, 0) is 59.9 Å². The summed E-state index contributed by atoms with van der Waals surface area (Å²) in [5, 5.41) is 12.1. The molecule has 0 heterocycles. The number of rotatable bonds is 5. The molecule has 0 unspecified atom stereocenters. The van der Waals surface area contributed by atoms with Crippen molar-refractivity contribution in [3.63, 3.8) is 0 Å². The first-order chi connectivity index (χ1) is 10.5. The Morgan fingerprint density at radius 1 is 1.23 bits per heavy atom. The monoisotopic (exact) mass is 361 g/mol. The molecule has 0 fully saturated rings. The SMILES string of the molecule is CN(C)Cc1ccc(CNc2ccc(C#N)cc2Br)cc1F. The highest BCUT2D eigenvalue weighted by Gasteiger charge is 2.06. The molecule has 0 bridgehead atoms. The minimum absolute atomic E-state index is 0.188. The molecule has 0 radical (unpaired) electrons. The fourth-order valence-corrected chi connectivity index (χ4v) is 2.61. The highest BCUT2D eigenvalue weighted by atomic mass is 79.9. The number of nitrogens with one attached hydrogen (secondary N) is 1. The summed E-state index contributed by atoms with van der Waals surface area (Å²) in [5.74, 6) is -0.188. The zero-order valence-electron chi connectivity index (χ0n) is 12.5. The van der Waals surface area contributed by atoms with Gasteiger partial charge in [-0.2, -0.15) is 5.26 Å². The minimum atomic E-state index is -0.188. The molecule has 0 saturated carbocycles. The summed E-state index contributed by atoms with van der Waals surface area (Å²) in [6.45, 7) is 1.10. The molecule has 5 heteroatoms. The van der Waals surface area contributed by atoms with Crippen molar-refractivity contribution < 1.29 is 4.39 Å². The van der Waals surface area contributed by atoms with Crippen LogP contribution in [-0.2, 0) is 13.1 Å². The van der Waals surface area contributed by atoms with Gasteiger partial charge in [0.05, 0.1) is 11.6 Å². The fourth-order valence-electron chi connectivity index (χ4n) is 2.09. The Labute approximate surface area is 138 Å². The van der Waals surface area contributed by atoms with Crippen LogP contribution in [0.4, 0.5) is 10.1 Å². The summed E-state index contributed by atoms with van der Waals surface area (Å²) < 4.78 is 14.8. The number of hydrogen-bond acceptors (Lipinski definition) is 3. The molecule has 0 aromatic heterocycles. The van der Waals surface area contributed by atoms with E-state index in [2.05, 4.69) is 27.3 Å². The molecule has 114 valence electrons. The van der Waals surface area contributed by atoms with Crippen molar-refractivity contribution in [2.24, 2.45) is 0 Å². The van der Waals surface area contributed by atoms with E-state index in [-0.39, 0.29) is 5.82 Å². The molecule has 0 amide bonds. The lowest BCUT2D eigenvalue weighted by molar-refractivity contribution is 0.392. The molecule has 0 aliphatic heterocycles. The van der Waals surface area contributed by atoms with Gasteiger partial charge < -0.3 is 10.2 Å². The Morgan fingerprint density at radius 2 is 2.00 bits per heavy atom. The van der Waals surface area contributed by atoms with Crippen LogP contribution in [0, 0.1) is 17.1 Å². The molecule has 0 atom stereocenters. The number of nitrogens with zero attached hydrogens (tertiary/aromatic N) is 2. The maximum Gasteiger partial charge on any atom is 0.128 e. The van der Waals surface area contributed by atoms with Gasteiger partial charge >= 0.3 is 0 Å². The van der Waals surface area contributed by atoms with Crippen LogP contribution in [0.1, 0.15) is 16.7 Å². The third kappa shape index (κ3) is 4.30. The minimum Gasteiger partial charge on any atom is -0.380 e. The van der Waals surface area contributed by atoms with Crippen LogP contribution >= 0.6 is 15.9 Å². The van der Waals surface area contributed by atoms with Crippen molar-refractivity contribution in [1.29, 1.82) is 5.26 Å². The first-order valence-electron chi connectivity index (χ1n) is 6.85.